The van der Waals surface area contributed by atoms with Crippen molar-refractivity contribution >= 4 is 17.7 Å². The summed E-state index contributed by atoms with van der Waals surface area (Å²) in [6, 6.07) is 4.98. The third-order valence-corrected chi connectivity index (χ3v) is 6.02. The fourth-order valence-corrected chi connectivity index (χ4v) is 4.80. The Kier molecular flexibility index (Phi) is 6.54. The van der Waals surface area contributed by atoms with Crippen molar-refractivity contribution in [3.8, 4) is 5.75 Å². The number of nitrogens with one attached hydrogen (secondary N) is 1. The second kappa shape index (κ2) is 8.70. The predicted octanol–water partition coefficient (Wildman–Crippen LogP) is 2.91. The molecule has 2 aliphatic rings. The highest BCUT2D eigenvalue weighted by Gasteiger charge is 2.39. The van der Waals surface area contributed by atoms with Crippen molar-refractivity contribution in [3.63, 3.8) is 0 Å². The van der Waals surface area contributed by atoms with E-state index in [-0.39, 0.29) is 17.2 Å². The lowest BCUT2D eigenvalue weighted by molar-refractivity contribution is -0.274. The van der Waals surface area contributed by atoms with E-state index in [0.717, 1.165) is 49.6 Å². The Balaban J connectivity index is 1.62. The van der Waals surface area contributed by atoms with E-state index in [0.29, 0.717) is 25.3 Å². The van der Waals surface area contributed by atoms with Crippen molar-refractivity contribution < 1.29 is 27.4 Å². The summed E-state index contributed by atoms with van der Waals surface area (Å²) in [7, 11) is 0. The first-order valence-corrected chi connectivity index (χ1v) is 10.1. The summed E-state index contributed by atoms with van der Waals surface area (Å²) in [6.07, 6.45) is -2.75. The van der Waals surface area contributed by atoms with Gasteiger partial charge in [0.25, 0.3) is 5.91 Å². The molecule has 2 saturated heterocycles. The Labute approximate surface area is 160 Å². The van der Waals surface area contributed by atoms with E-state index in [1.165, 1.54) is 12.1 Å². The summed E-state index contributed by atoms with van der Waals surface area (Å²) < 4.78 is 46.0. The van der Waals surface area contributed by atoms with Crippen LogP contribution in [-0.2, 0) is 4.74 Å². The summed E-state index contributed by atoms with van der Waals surface area (Å²) in [4.78, 5) is 14.9. The van der Waals surface area contributed by atoms with E-state index in [1.807, 2.05) is 11.8 Å². The van der Waals surface area contributed by atoms with Gasteiger partial charge in [-0.25, -0.2) is 0 Å². The lowest BCUT2D eigenvalue weighted by atomic mass is 9.89. The third-order valence-electron chi connectivity index (χ3n) is 5.03. The predicted molar refractivity (Wildman–Crippen MR) is 97.1 cm³/mol. The molecule has 9 heteroatoms. The van der Waals surface area contributed by atoms with Crippen LogP contribution in [0.4, 0.5) is 13.2 Å². The topological polar surface area (TPSA) is 50.8 Å². The minimum absolute atomic E-state index is 0.0793. The van der Waals surface area contributed by atoms with Crippen LogP contribution in [0.25, 0.3) is 0 Å². The number of amides is 1. The first kappa shape index (κ1) is 20.3. The van der Waals surface area contributed by atoms with Gasteiger partial charge in [-0.1, -0.05) is 0 Å². The SMILES string of the molecule is O=C(NCC1(N2CCOCC2)CCSCC1)c1ccc(OC(F)(F)F)cc1. The van der Waals surface area contributed by atoms with E-state index in [1.54, 1.807) is 0 Å². The molecule has 1 aromatic rings. The van der Waals surface area contributed by atoms with Crippen LogP contribution in [0.5, 0.6) is 5.75 Å². The van der Waals surface area contributed by atoms with Crippen molar-refractivity contribution in [2.45, 2.75) is 24.7 Å². The number of ether oxygens (including phenoxy) is 2. The molecule has 2 heterocycles. The van der Waals surface area contributed by atoms with Gasteiger partial charge in [-0.05, 0) is 48.6 Å². The van der Waals surface area contributed by atoms with E-state index in [2.05, 4.69) is 15.0 Å². The number of thioether (sulfide) groups is 1. The number of rotatable bonds is 5. The first-order valence-electron chi connectivity index (χ1n) is 8.93. The Bertz CT molecular complexity index is 628. The standard InChI is InChI=1S/C18H23F3N2O3S/c19-18(20,21)26-15-3-1-14(2-4-15)16(24)22-13-17(5-11-27-12-6-17)23-7-9-25-10-8-23/h1-4H,5-13H2,(H,22,24). The molecule has 1 N–H and O–H groups in total. The van der Waals surface area contributed by atoms with E-state index in [4.69, 9.17) is 4.74 Å². The maximum absolute atomic E-state index is 12.5. The molecule has 0 saturated carbocycles. The summed E-state index contributed by atoms with van der Waals surface area (Å²) >= 11 is 1.92. The zero-order chi connectivity index (χ0) is 19.3. The summed E-state index contributed by atoms with van der Waals surface area (Å²) in [6.45, 7) is 3.62. The molecule has 5 nitrogen and oxygen atoms in total. The molecule has 0 aromatic heterocycles. The molecule has 3 rings (SSSR count). The largest absolute Gasteiger partial charge is 0.573 e. The molecule has 0 spiro atoms. The third kappa shape index (κ3) is 5.52. The van der Waals surface area contributed by atoms with Gasteiger partial charge in [0.1, 0.15) is 5.75 Å². The molecule has 0 unspecified atom stereocenters. The van der Waals surface area contributed by atoms with Gasteiger partial charge < -0.3 is 14.8 Å². The maximum atomic E-state index is 12.5. The number of morpholine rings is 1. The van der Waals surface area contributed by atoms with Crippen molar-refractivity contribution in [2.24, 2.45) is 0 Å². The zero-order valence-electron chi connectivity index (χ0n) is 14.9. The monoisotopic (exact) mass is 404 g/mol. The van der Waals surface area contributed by atoms with E-state index >= 15 is 0 Å². The van der Waals surface area contributed by atoms with Crippen molar-refractivity contribution in [2.75, 3.05) is 44.4 Å². The van der Waals surface area contributed by atoms with Crippen molar-refractivity contribution in [1.82, 2.24) is 10.2 Å². The average molecular weight is 404 g/mol. The number of benzene rings is 1. The number of carbonyl (C=O) groups excluding carboxylic acids is 1. The second-order valence-corrected chi connectivity index (χ2v) is 7.92. The van der Waals surface area contributed by atoms with Crippen molar-refractivity contribution in [1.29, 1.82) is 0 Å². The van der Waals surface area contributed by atoms with Gasteiger partial charge in [0.2, 0.25) is 0 Å². The summed E-state index contributed by atoms with van der Waals surface area (Å²) in [5.74, 6) is 1.47. The molecule has 150 valence electrons. The van der Waals surface area contributed by atoms with E-state index in [9.17, 15) is 18.0 Å². The van der Waals surface area contributed by atoms with Gasteiger partial charge in [-0.15, -0.1) is 13.2 Å². The van der Waals surface area contributed by atoms with Gasteiger partial charge in [-0.3, -0.25) is 9.69 Å². The highest BCUT2D eigenvalue weighted by molar-refractivity contribution is 7.99. The number of hydrogen-bond acceptors (Lipinski definition) is 5. The molecule has 1 amide bonds. The molecular weight excluding hydrogens is 381 g/mol. The van der Waals surface area contributed by atoms with Crippen LogP contribution in [0, 0.1) is 0 Å². The molecule has 0 radical (unpaired) electrons. The van der Waals surface area contributed by atoms with E-state index < -0.39 is 6.36 Å². The normalized spacial score (nSPS) is 20.9. The van der Waals surface area contributed by atoms with Crippen LogP contribution in [-0.4, -0.2) is 67.1 Å². The van der Waals surface area contributed by atoms with Gasteiger partial charge >= 0.3 is 6.36 Å². The Hall–Kier alpha value is -1.45. The average Bonchev–Trinajstić information content (AvgIpc) is 2.67. The van der Waals surface area contributed by atoms with Crippen LogP contribution in [0.2, 0.25) is 0 Å². The van der Waals surface area contributed by atoms with Gasteiger partial charge in [0.05, 0.1) is 13.2 Å². The minimum Gasteiger partial charge on any atom is -0.406 e. The van der Waals surface area contributed by atoms with Crippen LogP contribution < -0.4 is 10.1 Å². The molecule has 1 aromatic carbocycles. The summed E-state index contributed by atoms with van der Waals surface area (Å²) in [5.41, 5.74) is 0.233. The highest BCUT2D eigenvalue weighted by Crippen LogP contribution is 2.33. The number of nitrogens with zero attached hydrogens (tertiary/aromatic N) is 1. The minimum atomic E-state index is -4.74. The number of hydrogen-bond donors (Lipinski definition) is 1. The lowest BCUT2D eigenvalue weighted by Gasteiger charge is -2.48. The molecule has 27 heavy (non-hydrogen) atoms. The smallest absolute Gasteiger partial charge is 0.406 e. The maximum Gasteiger partial charge on any atom is 0.573 e. The molecular formula is C18H23F3N2O3S. The lowest BCUT2D eigenvalue weighted by Crippen LogP contribution is -2.60. The first-order chi connectivity index (χ1) is 12.9. The van der Waals surface area contributed by atoms with Crippen LogP contribution >= 0.6 is 11.8 Å². The zero-order valence-corrected chi connectivity index (χ0v) is 15.7. The molecule has 0 bridgehead atoms. The van der Waals surface area contributed by atoms with Crippen LogP contribution in [0.15, 0.2) is 24.3 Å². The molecule has 0 atom stereocenters. The number of carbonyl (C=O) groups is 1. The van der Waals surface area contributed by atoms with Gasteiger partial charge in [0.15, 0.2) is 0 Å². The van der Waals surface area contributed by atoms with Crippen molar-refractivity contribution in [3.05, 3.63) is 29.8 Å². The quantitative estimate of drug-likeness (QED) is 0.818. The molecule has 0 aliphatic carbocycles. The number of halogens is 3. The fraction of sp³-hybridized carbons (Fsp3) is 0.611. The molecule has 2 fully saturated rings. The molecule has 2 aliphatic heterocycles. The Morgan fingerprint density at radius 3 is 2.41 bits per heavy atom. The Morgan fingerprint density at radius 1 is 1.19 bits per heavy atom. The van der Waals surface area contributed by atoms with Gasteiger partial charge in [0, 0.05) is 30.7 Å². The Morgan fingerprint density at radius 2 is 1.81 bits per heavy atom. The van der Waals surface area contributed by atoms with Crippen LogP contribution in [0.3, 0.4) is 0 Å². The second-order valence-electron chi connectivity index (χ2n) is 6.69. The van der Waals surface area contributed by atoms with Gasteiger partial charge in [-0.2, -0.15) is 11.8 Å². The van der Waals surface area contributed by atoms with Crippen LogP contribution in [0.1, 0.15) is 23.2 Å². The number of alkyl halides is 3. The fourth-order valence-electron chi connectivity index (χ4n) is 3.55. The highest BCUT2D eigenvalue weighted by atomic mass is 32.2. The summed E-state index contributed by atoms with van der Waals surface area (Å²) in [5, 5.41) is 2.98.